The van der Waals surface area contributed by atoms with Crippen molar-refractivity contribution >= 4 is 11.4 Å². The van der Waals surface area contributed by atoms with E-state index in [0.29, 0.717) is 17.9 Å². The molecule has 0 spiro atoms. The third kappa shape index (κ3) is 3.84. The highest BCUT2D eigenvalue weighted by Gasteiger charge is 2.09. The van der Waals surface area contributed by atoms with Crippen LogP contribution in [0.3, 0.4) is 0 Å². The maximum absolute atomic E-state index is 13.7. The number of hydrogen-bond donors (Lipinski definition) is 2. The van der Waals surface area contributed by atoms with Crippen LogP contribution in [0.25, 0.3) is 0 Å². The predicted octanol–water partition coefficient (Wildman–Crippen LogP) is 3.95. The van der Waals surface area contributed by atoms with E-state index in [1.54, 1.807) is 18.2 Å². The molecule has 0 saturated carbocycles. The maximum atomic E-state index is 13.7. The van der Waals surface area contributed by atoms with Gasteiger partial charge >= 0.3 is 0 Å². The molecule has 0 heterocycles. The third-order valence-corrected chi connectivity index (χ3v) is 2.99. The lowest BCUT2D eigenvalue weighted by Crippen LogP contribution is -2.06. The Morgan fingerprint density at radius 3 is 2.62 bits per heavy atom. The second-order valence-electron chi connectivity index (χ2n) is 4.66. The van der Waals surface area contributed by atoms with Crippen LogP contribution in [0, 0.1) is 11.6 Å². The summed E-state index contributed by atoms with van der Waals surface area (Å²) >= 11 is 0. The Morgan fingerprint density at radius 1 is 1.14 bits per heavy atom. The van der Waals surface area contributed by atoms with Crippen LogP contribution in [0.2, 0.25) is 0 Å². The average Bonchev–Trinajstić information content (AvgIpc) is 2.47. The van der Waals surface area contributed by atoms with E-state index in [2.05, 4.69) is 5.32 Å². The van der Waals surface area contributed by atoms with E-state index >= 15 is 0 Å². The molecule has 0 aliphatic heterocycles. The maximum Gasteiger partial charge on any atom is 0.167 e. The summed E-state index contributed by atoms with van der Waals surface area (Å²) in [7, 11) is 0. The Balaban J connectivity index is 2.14. The lowest BCUT2D eigenvalue weighted by molar-refractivity contribution is 0.301. The quantitative estimate of drug-likeness (QED) is 0.793. The number of nitrogens with two attached hydrogens (primary N) is 1. The molecule has 0 bridgehead atoms. The number of nitrogen functional groups attached to an aromatic ring is 1. The van der Waals surface area contributed by atoms with Crippen molar-refractivity contribution in [1.82, 2.24) is 0 Å². The molecule has 2 rings (SSSR count). The van der Waals surface area contributed by atoms with Crippen LogP contribution in [-0.4, -0.2) is 6.61 Å². The zero-order chi connectivity index (χ0) is 15.2. The molecule has 5 heteroatoms. The van der Waals surface area contributed by atoms with Crippen LogP contribution in [-0.2, 0) is 6.54 Å². The number of halogens is 2. The van der Waals surface area contributed by atoms with Gasteiger partial charge in [0.2, 0.25) is 0 Å². The highest BCUT2D eigenvalue weighted by Crippen LogP contribution is 2.28. The zero-order valence-electron chi connectivity index (χ0n) is 11.8. The fourth-order valence-electron chi connectivity index (χ4n) is 1.88. The van der Waals surface area contributed by atoms with Crippen LogP contribution in [0.15, 0.2) is 36.4 Å². The highest BCUT2D eigenvalue weighted by molar-refractivity contribution is 5.68. The van der Waals surface area contributed by atoms with Crippen LogP contribution >= 0.6 is 0 Å². The Kier molecular flexibility index (Phi) is 4.98. The molecular weight excluding hydrogens is 274 g/mol. The third-order valence-electron chi connectivity index (χ3n) is 2.99. The molecule has 2 aromatic rings. The number of ether oxygens (including phenoxy) is 1. The minimum Gasteiger partial charge on any atom is -0.490 e. The van der Waals surface area contributed by atoms with Gasteiger partial charge in [0.25, 0.3) is 0 Å². The molecule has 21 heavy (non-hydrogen) atoms. The van der Waals surface area contributed by atoms with Gasteiger partial charge in [-0.15, -0.1) is 0 Å². The van der Waals surface area contributed by atoms with Crippen LogP contribution in [0.4, 0.5) is 20.2 Å². The first kappa shape index (κ1) is 15.1. The molecule has 112 valence electrons. The summed E-state index contributed by atoms with van der Waals surface area (Å²) in [6.45, 7) is 2.62. The van der Waals surface area contributed by atoms with E-state index < -0.39 is 5.82 Å². The van der Waals surface area contributed by atoms with E-state index in [9.17, 15) is 8.78 Å². The Labute approximate surface area is 122 Å². The van der Waals surface area contributed by atoms with Gasteiger partial charge in [0, 0.05) is 24.2 Å². The minimum atomic E-state index is -0.502. The molecule has 0 aliphatic carbocycles. The van der Waals surface area contributed by atoms with Gasteiger partial charge in [-0.25, -0.2) is 8.78 Å². The number of nitrogens with one attached hydrogen (secondary N) is 1. The molecule has 0 saturated heterocycles. The molecule has 0 fully saturated rings. The van der Waals surface area contributed by atoms with Gasteiger partial charge in [-0.05, 0) is 12.5 Å². The van der Waals surface area contributed by atoms with Crippen LogP contribution in [0.5, 0.6) is 5.75 Å². The largest absolute Gasteiger partial charge is 0.490 e. The Morgan fingerprint density at radius 2 is 1.90 bits per heavy atom. The molecule has 3 nitrogen and oxygen atoms in total. The van der Waals surface area contributed by atoms with Crippen molar-refractivity contribution in [3.63, 3.8) is 0 Å². The Bertz CT molecular complexity index is 617. The molecule has 0 atom stereocenters. The number of anilines is 2. The standard InChI is InChI=1S/C16H18F2N2O/c1-2-7-21-16-9-15(14(19)8-13(16)18)20-10-11-5-3-4-6-12(11)17/h3-6,8-9,20H,2,7,10,19H2,1H3. The second kappa shape index (κ2) is 6.92. The average molecular weight is 292 g/mol. The molecule has 0 aromatic heterocycles. The monoisotopic (exact) mass is 292 g/mol. The van der Waals surface area contributed by atoms with E-state index in [4.69, 9.17) is 10.5 Å². The van der Waals surface area contributed by atoms with Crippen molar-refractivity contribution < 1.29 is 13.5 Å². The van der Waals surface area contributed by atoms with Gasteiger partial charge in [-0.1, -0.05) is 25.1 Å². The summed E-state index contributed by atoms with van der Waals surface area (Å²) in [5.41, 5.74) is 7.06. The van der Waals surface area contributed by atoms with Crippen LogP contribution in [0.1, 0.15) is 18.9 Å². The molecule has 3 N–H and O–H groups in total. The van der Waals surface area contributed by atoms with Crippen molar-refractivity contribution in [2.24, 2.45) is 0 Å². The smallest absolute Gasteiger partial charge is 0.167 e. The molecule has 2 aromatic carbocycles. The second-order valence-corrected chi connectivity index (χ2v) is 4.66. The first-order valence-electron chi connectivity index (χ1n) is 6.81. The predicted molar refractivity (Wildman–Crippen MR) is 80.3 cm³/mol. The first-order valence-corrected chi connectivity index (χ1v) is 6.81. The van der Waals surface area contributed by atoms with E-state index in [1.165, 1.54) is 18.2 Å². The van der Waals surface area contributed by atoms with E-state index in [-0.39, 0.29) is 23.8 Å². The van der Waals surface area contributed by atoms with Gasteiger partial charge in [-0.3, -0.25) is 0 Å². The lowest BCUT2D eigenvalue weighted by atomic mass is 10.2. The van der Waals surface area contributed by atoms with Crippen molar-refractivity contribution in [1.29, 1.82) is 0 Å². The summed E-state index contributed by atoms with van der Waals surface area (Å²) in [6.07, 6.45) is 0.780. The van der Waals surface area contributed by atoms with E-state index in [0.717, 1.165) is 6.42 Å². The molecule has 0 unspecified atom stereocenters. The molecule has 0 radical (unpaired) electrons. The van der Waals surface area contributed by atoms with Crippen molar-refractivity contribution in [2.75, 3.05) is 17.7 Å². The van der Waals surface area contributed by atoms with Gasteiger partial charge in [0.05, 0.1) is 18.0 Å². The first-order chi connectivity index (χ1) is 10.1. The summed E-state index contributed by atoms with van der Waals surface area (Å²) in [5, 5.41) is 3.00. The number of hydrogen-bond acceptors (Lipinski definition) is 3. The van der Waals surface area contributed by atoms with E-state index in [1.807, 2.05) is 6.92 Å². The Hall–Kier alpha value is -2.30. The molecule has 0 aliphatic rings. The summed E-state index contributed by atoms with van der Waals surface area (Å²) < 4.78 is 32.5. The minimum absolute atomic E-state index is 0.141. The SMILES string of the molecule is CCCOc1cc(NCc2ccccc2F)c(N)cc1F. The normalized spacial score (nSPS) is 10.4. The topological polar surface area (TPSA) is 47.3 Å². The van der Waals surface area contributed by atoms with Crippen LogP contribution < -0.4 is 15.8 Å². The van der Waals surface area contributed by atoms with Gasteiger partial charge in [0.1, 0.15) is 5.82 Å². The molecule has 0 amide bonds. The van der Waals surface area contributed by atoms with Crippen molar-refractivity contribution in [3.8, 4) is 5.75 Å². The number of benzene rings is 2. The summed E-state index contributed by atoms with van der Waals surface area (Å²) in [4.78, 5) is 0. The number of rotatable bonds is 6. The summed E-state index contributed by atoms with van der Waals surface area (Å²) in [6, 6.07) is 9.15. The fourth-order valence-corrected chi connectivity index (χ4v) is 1.88. The van der Waals surface area contributed by atoms with Crippen molar-refractivity contribution in [3.05, 3.63) is 53.6 Å². The fraction of sp³-hybridized carbons (Fsp3) is 0.250. The molecular formula is C16H18F2N2O. The van der Waals surface area contributed by atoms with Gasteiger partial charge < -0.3 is 15.8 Å². The van der Waals surface area contributed by atoms with Gasteiger partial charge in [0.15, 0.2) is 11.6 Å². The van der Waals surface area contributed by atoms with Crippen molar-refractivity contribution in [2.45, 2.75) is 19.9 Å². The lowest BCUT2D eigenvalue weighted by Gasteiger charge is -2.13. The van der Waals surface area contributed by atoms with Gasteiger partial charge in [-0.2, -0.15) is 0 Å². The zero-order valence-corrected chi connectivity index (χ0v) is 11.8. The summed E-state index contributed by atoms with van der Waals surface area (Å²) in [5.74, 6) is -0.660. The highest BCUT2D eigenvalue weighted by atomic mass is 19.1.